The normalized spacial score (nSPS) is 13.7. The molecule has 0 atom stereocenters. The summed E-state index contributed by atoms with van der Waals surface area (Å²) in [6.45, 7) is 0. The summed E-state index contributed by atoms with van der Waals surface area (Å²) in [6, 6.07) is 46.4. The molecule has 1 aliphatic heterocycles. The molecular formula is C46H28N2O. The maximum absolute atomic E-state index is 8.86. The lowest BCUT2D eigenvalue weighted by Gasteiger charge is -2.23. The van der Waals surface area contributed by atoms with Crippen molar-refractivity contribution in [3.8, 4) is 45.1 Å². The molecule has 11 rings (SSSR count). The Morgan fingerprint density at radius 3 is 1.94 bits per heavy atom. The summed E-state index contributed by atoms with van der Waals surface area (Å²) in [4.78, 5) is 0. The van der Waals surface area contributed by atoms with Crippen molar-refractivity contribution in [1.29, 1.82) is 0 Å². The fourth-order valence-electron chi connectivity index (χ4n) is 7.94. The van der Waals surface area contributed by atoms with Crippen LogP contribution >= 0.6 is 0 Å². The third kappa shape index (κ3) is 3.73. The first-order valence-electron chi connectivity index (χ1n) is 18.9. The highest BCUT2D eigenvalue weighted by atomic mass is 16.5. The van der Waals surface area contributed by atoms with Crippen LogP contribution in [0, 0.1) is 0 Å². The third-order valence-corrected chi connectivity index (χ3v) is 9.98. The Morgan fingerprint density at radius 1 is 0.408 bits per heavy atom. The van der Waals surface area contributed by atoms with Crippen LogP contribution < -0.4 is 4.74 Å². The third-order valence-electron chi connectivity index (χ3n) is 9.98. The van der Waals surface area contributed by atoms with Gasteiger partial charge in [0.25, 0.3) is 0 Å². The van der Waals surface area contributed by atoms with Gasteiger partial charge in [0.15, 0.2) is 0 Å². The molecule has 228 valence electrons. The van der Waals surface area contributed by atoms with Crippen LogP contribution in [0.25, 0.3) is 88.0 Å². The van der Waals surface area contributed by atoms with Gasteiger partial charge in [-0.3, -0.25) is 0 Å². The number of aromatic nitrogens is 2. The second kappa shape index (κ2) is 9.96. The molecule has 0 fully saturated rings. The molecule has 0 amide bonds. The Balaban J connectivity index is 1.13. The van der Waals surface area contributed by atoms with Gasteiger partial charge in [0, 0.05) is 49.9 Å². The van der Waals surface area contributed by atoms with E-state index in [1.807, 2.05) is 42.5 Å². The van der Waals surface area contributed by atoms with Gasteiger partial charge in [0.1, 0.15) is 11.5 Å². The van der Waals surface area contributed by atoms with Crippen LogP contribution in [-0.4, -0.2) is 9.13 Å². The van der Waals surface area contributed by atoms with Gasteiger partial charge in [-0.25, -0.2) is 0 Å². The molecule has 2 aromatic heterocycles. The van der Waals surface area contributed by atoms with Gasteiger partial charge < -0.3 is 13.9 Å². The lowest BCUT2D eigenvalue weighted by molar-refractivity contribution is 0.487. The summed E-state index contributed by atoms with van der Waals surface area (Å²) in [5.74, 6) is 1.38. The highest BCUT2D eigenvalue weighted by molar-refractivity contribution is 6.25. The van der Waals surface area contributed by atoms with E-state index in [0.29, 0.717) is 11.3 Å². The molecule has 3 heterocycles. The van der Waals surface area contributed by atoms with Gasteiger partial charge >= 0.3 is 0 Å². The molecule has 10 aromatic rings. The number of para-hydroxylation sites is 4. The Kier molecular flexibility index (Phi) is 4.49. The summed E-state index contributed by atoms with van der Waals surface area (Å²) in [5, 5.41) is 6.18. The van der Waals surface area contributed by atoms with Crippen LogP contribution in [-0.2, 0) is 0 Å². The molecule has 0 unspecified atom stereocenters. The van der Waals surface area contributed by atoms with Gasteiger partial charge in [-0.1, -0.05) is 103 Å². The van der Waals surface area contributed by atoms with Gasteiger partial charge in [-0.15, -0.1) is 0 Å². The summed E-state index contributed by atoms with van der Waals surface area (Å²) in [7, 11) is 0. The molecule has 0 bridgehead atoms. The van der Waals surface area contributed by atoms with E-state index in [1.165, 1.54) is 10.8 Å². The maximum Gasteiger partial charge on any atom is 0.138 e. The number of hydrogen-bond donors (Lipinski definition) is 0. The van der Waals surface area contributed by atoms with E-state index in [1.54, 1.807) is 4.57 Å². The van der Waals surface area contributed by atoms with Gasteiger partial charge in [0.2, 0.25) is 0 Å². The van der Waals surface area contributed by atoms with Crippen LogP contribution in [0.3, 0.4) is 0 Å². The van der Waals surface area contributed by atoms with Crippen molar-refractivity contribution in [2.24, 2.45) is 0 Å². The second-order valence-corrected chi connectivity index (χ2v) is 12.6. The van der Waals surface area contributed by atoms with Gasteiger partial charge in [0.05, 0.1) is 28.9 Å². The SMILES string of the molecule is [2H]c1c([2H])c([2H])c(-n2c3ccccc3c3c4cccc5c4c(cc32)Oc2ccc(-c3ccc4c(c3)c3ccccc3n4-c3ccccc3)cc2-5)c([2H])c1[2H]. The lowest BCUT2D eigenvalue weighted by atomic mass is 9.90. The highest BCUT2D eigenvalue weighted by Crippen LogP contribution is 2.51. The van der Waals surface area contributed by atoms with E-state index in [9.17, 15) is 0 Å². The fourth-order valence-corrected chi connectivity index (χ4v) is 7.94. The first-order valence-corrected chi connectivity index (χ1v) is 16.4. The van der Waals surface area contributed by atoms with Crippen molar-refractivity contribution < 1.29 is 11.6 Å². The molecule has 3 heteroatoms. The number of ether oxygens (including phenoxy) is 1. The monoisotopic (exact) mass is 629 g/mol. The molecule has 0 N–H and O–H groups in total. The largest absolute Gasteiger partial charge is 0.456 e. The zero-order valence-corrected chi connectivity index (χ0v) is 26.1. The molecule has 0 saturated carbocycles. The van der Waals surface area contributed by atoms with Crippen molar-refractivity contribution in [2.45, 2.75) is 0 Å². The first-order chi connectivity index (χ1) is 26.4. The number of benzene rings is 8. The van der Waals surface area contributed by atoms with E-state index in [-0.39, 0.29) is 29.9 Å². The maximum atomic E-state index is 8.86. The summed E-state index contributed by atoms with van der Waals surface area (Å²) < 4.78 is 53.6. The molecule has 0 aliphatic carbocycles. The standard InChI is InChI=1S/C46H28N2O/c1-3-12-31(13-4-1)47-39-20-9-7-16-33(39)37-26-29(22-24-41(37)47)30-23-25-43-38(27-30)34-18-11-19-36-45-35-17-8-10-21-40(35)48(32-14-5-2-6-15-32)42(45)28-44(49-43)46(34)36/h1-28H/i2D,5D,6D,14D,15D. The minimum Gasteiger partial charge on any atom is -0.456 e. The van der Waals surface area contributed by atoms with Crippen LogP contribution in [0.1, 0.15) is 6.85 Å². The lowest BCUT2D eigenvalue weighted by Crippen LogP contribution is -1.99. The zero-order chi connectivity index (χ0) is 36.4. The Bertz CT molecular complexity index is 3230. The Labute approximate surface area is 289 Å². The molecule has 0 radical (unpaired) electrons. The Morgan fingerprint density at radius 2 is 1.08 bits per heavy atom. The van der Waals surface area contributed by atoms with E-state index >= 15 is 0 Å². The predicted molar refractivity (Wildman–Crippen MR) is 204 cm³/mol. The van der Waals surface area contributed by atoms with Crippen molar-refractivity contribution in [2.75, 3.05) is 0 Å². The number of fused-ring (bicyclic) bond motifs is 9. The van der Waals surface area contributed by atoms with E-state index in [4.69, 9.17) is 11.6 Å². The highest BCUT2D eigenvalue weighted by Gasteiger charge is 2.25. The topological polar surface area (TPSA) is 19.1 Å². The molecule has 0 spiro atoms. The smallest absolute Gasteiger partial charge is 0.138 e. The molecule has 8 aromatic carbocycles. The van der Waals surface area contributed by atoms with E-state index < -0.39 is 6.04 Å². The van der Waals surface area contributed by atoms with Crippen molar-refractivity contribution in [1.82, 2.24) is 9.13 Å². The molecular weight excluding hydrogens is 597 g/mol. The Hall–Kier alpha value is -6.58. The van der Waals surface area contributed by atoms with Crippen LogP contribution in [0.5, 0.6) is 11.5 Å². The van der Waals surface area contributed by atoms with Crippen LogP contribution in [0.2, 0.25) is 0 Å². The number of nitrogens with zero attached hydrogens (tertiary/aromatic N) is 2. The molecule has 3 nitrogen and oxygen atoms in total. The van der Waals surface area contributed by atoms with Crippen LogP contribution in [0.4, 0.5) is 0 Å². The molecule has 1 aliphatic rings. The van der Waals surface area contributed by atoms with Crippen molar-refractivity contribution in [3.63, 3.8) is 0 Å². The molecule has 0 saturated heterocycles. The minimum absolute atomic E-state index is 0.111. The average Bonchev–Trinajstić information content (AvgIpc) is 3.72. The molecule has 49 heavy (non-hydrogen) atoms. The minimum atomic E-state index is -0.419. The van der Waals surface area contributed by atoms with Crippen molar-refractivity contribution in [3.05, 3.63) is 170 Å². The fraction of sp³-hybridized carbons (Fsp3) is 0. The van der Waals surface area contributed by atoms with Crippen LogP contribution in [0.15, 0.2) is 170 Å². The quantitative estimate of drug-likeness (QED) is 0.190. The summed E-state index contributed by atoms with van der Waals surface area (Å²) in [5.41, 5.74) is 9.23. The summed E-state index contributed by atoms with van der Waals surface area (Å²) in [6.07, 6.45) is 0. The van der Waals surface area contributed by atoms with Gasteiger partial charge in [-0.2, -0.15) is 0 Å². The second-order valence-electron chi connectivity index (χ2n) is 12.6. The predicted octanol–water partition coefficient (Wildman–Crippen LogP) is 12.5. The number of hydrogen-bond acceptors (Lipinski definition) is 1. The first kappa shape index (κ1) is 22.1. The van der Waals surface area contributed by atoms with Gasteiger partial charge in [-0.05, 0) is 82.7 Å². The average molecular weight is 630 g/mol. The number of rotatable bonds is 3. The van der Waals surface area contributed by atoms with E-state index in [2.05, 4.69) is 102 Å². The zero-order valence-electron chi connectivity index (χ0n) is 31.1. The van der Waals surface area contributed by atoms with Crippen molar-refractivity contribution >= 4 is 54.4 Å². The van der Waals surface area contributed by atoms with E-state index in [0.717, 1.165) is 71.8 Å². The summed E-state index contributed by atoms with van der Waals surface area (Å²) >= 11 is 0.